The maximum atomic E-state index is 12.9. The van der Waals surface area contributed by atoms with Gasteiger partial charge in [-0.3, -0.25) is 19.7 Å². The fraction of sp³-hybridized carbons (Fsp3) is 0.467. The van der Waals surface area contributed by atoms with Crippen LogP contribution in [-0.2, 0) is 19.1 Å². The van der Waals surface area contributed by atoms with E-state index in [1.54, 1.807) is 28.4 Å². The van der Waals surface area contributed by atoms with Crippen molar-refractivity contribution < 1.29 is 43.9 Å². The summed E-state index contributed by atoms with van der Waals surface area (Å²) >= 11 is 0. The number of nitrogens with zero attached hydrogens (tertiary/aromatic N) is 4. The maximum absolute atomic E-state index is 12.9. The van der Waals surface area contributed by atoms with Crippen LogP contribution in [0.2, 0.25) is 0 Å². The Labute approximate surface area is 265 Å². The van der Waals surface area contributed by atoms with Gasteiger partial charge in [-0.05, 0) is 51.7 Å². The topological polar surface area (TPSA) is 217 Å². The summed E-state index contributed by atoms with van der Waals surface area (Å²) in [6.07, 6.45) is -0.715. The molecule has 6 N–H and O–H groups in total. The van der Waals surface area contributed by atoms with Crippen molar-refractivity contribution in [2.75, 3.05) is 38.6 Å². The van der Waals surface area contributed by atoms with Gasteiger partial charge in [-0.1, -0.05) is 12.6 Å². The number of carbonyl (C=O) groups excluding carboxylic acids is 3. The van der Waals surface area contributed by atoms with Gasteiger partial charge in [0.25, 0.3) is 5.91 Å². The molecule has 2 saturated carbocycles. The lowest BCUT2D eigenvalue weighted by atomic mass is 10.1. The summed E-state index contributed by atoms with van der Waals surface area (Å²) in [5, 5.41) is 42.8. The van der Waals surface area contributed by atoms with Gasteiger partial charge in [0.1, 0.15) is 6.61 Å². The lowest BCUT2D eigenvalue weighted by Gasteiger charge is -2.35. The first-order valence-corrected chi connectivity index (χ1v) is 14.5. The summed E-state index contributed by atoms with van der Waals surface area (Å²) in [5.41, 5.74) is -0.0827. The minimum atomic E-state index is -3.53. The zero-order valence-electron chi connectivity index (χ0n) is 26.3. The normalized spacial score (nSPS) is 15.5. The van der Waals surface area contributed by atoms with Gasteiger partial charge in [0, 0.05) is 25.1 Å². The van der Waals surface area contributed by atoms with Crippen LogP contribution in [0.5, 0.6) is 5.75 Å². The van der Waals surface area contributed by atoms with Crippen molar-refractivity contribution in [1.82, 2.24) is 20.4 Å². The Morgan fingerprint density at radius 2 is 1.83 bits per heavy atom. The Balaban J connectivity index is 1.71. The Bertz CT molecular complexity index is 1530. The second kappa shape index (κ2) is 13.8. The molecule has 0 saturated heterocycles. The number of ether oxygens (including phenoxy) is 3. The van der Waals surface area contributed by atoms with Gasteiger partial charge >= 0.3 is 6.10 Å². The molecule has 4 rings (SSSR count). The second-order valence-electron chi connectivity index (χ2n) is 11.2. The van der Waals surface area contributed by atoms with Gasteiger partial charge in [0.15, 0.2) is 17.3 Å². The van der Waals surface area contributed by atoms with Crippen LogP contribution >= 0.6 is 0 Å². The first-order chi connectivity index (χ1) is 21.7. The van der Waals surface area contributed by atoms with Gasteiger partial charge in [0.05, 0.1) is 42.4 Å². The molecule has 2 aromatic rings. The number of aliphatic hydroxyl groups is 3. The molecular weight excluding hydrogens is 602 g/mol. The minimum Gasteiger partial charge on any atom is -0.494 e. The molecule has 1 aromatic carbocycles. The summed E-state index contributed by atoms with van der Waals surface area (Å²) < 4.78 is 16.5. The molecule has 0 aliphatic heterocycles. The van der Waals surface area contributed by atoms with Crippen LogP contribution in [0.15, 0.2) is 41.5 Å². The van der Waals surface area contributed by atoms with Crippen molar-refractivity contribution >= 4 is 40.8 Å². The molecule has 46 heavy (non-hydrogen) atoms. The number of rotatable bonds is 14. The van der Waals surface area contributed by atoms with E-state index in [2.05, 4.69) is 27.4 Å². The van der Waals surface area contributed by atoms with Crippen LogP contribution in [0.1, 0.15) is 55.6 Å². The Kier molecular flexibility index (Phi) is 10.3. The molecule has 0 bridgehead atoms. The third kappa shape index (κ3) is 7.77. The van der Waals surface area contributed by atoms with Crippen molar-refractivity contribution in [2.24, 2.45) is 10.9 Å². The molecule has 2 aliphatic rings. The van der Waals surface area contributed by atoms with E-state index in [0.717, 1.165) is 12.8 Å². The number of hydrogen-bond acceptors (Lipinski definition) is 13. The number of methoxy groups -OCH3 is 3. The highest BCUT2D eigenvalue weighted by molar-refractivity contribution is 6.02. The molecular formula is C30H39N7O9. The van der Waals surface area contributed by atoms with Crippen LogP contribution < -0.4 is 20.7 Å². The van der Waals surface area contributed by atoms with E-state index in [1.807, 2.05) is 13.8 Å². The molecule has 2 fully saturated rings. The maximum Gasteiger partial charge on any atom is 0.369 e. The van der Waals surface area contributed by atoms with Crippen molar-refractivity contribution in [3.63, 3.8) is 0 Å². The minimum absolute atomic E-state index is 0.0252. The Morgan fingerprint density at radius 3 is 2.37 bits per heavy atom. The standard InChI is InChI=1S/C30H39N7O9/c1-16(2)37(23(38)15-44-4)29(12-13-29)17(3)31-28(46-6)19-8-7-9-20(25(19)45-5)32-21-14-22(33-26(39)18-10-11-18)35-36-24(21)27(40)34-30(41,42)43/h7-9,14,16,18,41-43H,3,10-13,15H2,1-2,4-6H3,(H,34,40)(H2,32,33,35,39). The predicted octanol–water partition coefficient (Wildman–Crippen LogP) is 1.22. The first-order valence-electron chi connectivity index (χ1n) is 14.5. The van der Waals surface area contributed by atoms with Crippen LogP contribution in [-0.4, -0.2) is 99.7 Å². The smallest absolute Gasteiger partial charge is 0.369 e. The van der Waals surface area contributed by atoms with E-state index in [4.69, 9.17) is 19.2 Å². The average Bonchev–Trinajstić information content (AvgIpc) is 3.90. The highest BCUT2D eigenvalue weighted by atomic mass is 16.7. The van der Waals surface area contributed by atoms with Gasteiger partial charge in [-0.2, -0.15) is 0 Å². The van der Waals surface area contributed by atoms with Crippen LogP contribution in [0.25, 0.3) is 0 Å². The number of aliphatic imine (C=N–C) groups is 1. The van der Waals surface area contributed by atoms with Gasteiger partial charge in [0.2, 0.25) is 17.7 Å². The molecule has 248 valence electrons. The third-order valence-corrected chi connectivity index (χ3v) is 7.41. The molecule has 0 spiro atoms. The van der Waals surface area contributed by atoms with E-state index >= 15 is 0 Å². The predicted molar refractivity (Wildman–Crippen MR) is 165 cm³/mol. The molecule has 0 unspecified atom stereocenters. The zero-order chi connectivity index (χ0) is 33.8. The quantitative estimate of drug-likeness (QED) is 0.0975. The van der Waals surface area contributed by atoms with Crippen LogP contribution in [0.3, 0.4) is 0 Å². The van der Waals surface area contributed by atoms with Gasteiger partial charge in [-0.15, -0.1) is 10.2 Å². The van der Waals surface area contributed by atoms with E-state index in [9.17, 15) is 29.7 Å². The number of para-hydroxylation sites is 1. The largest absolute Gasteiger partial charge is 0.494 e. The number of benzene rings is 1. The molecule has 16 heteroatoms. The highest BCUT2D eigenvalue weighted by Gasteiger charge is 2.53. The molecule has 0 radical (unpaired) electrons. The summed E-state index contributed by atoms with van der Waals surface area (Å²) in [6.45, 7) is 7.93. The van der Waals surface area contributed by atoms with Crippen molar-refractivity contribution in [1.29, 1.82) is 0 Å². The SMILES string of the molecule is C=C(N=C(OC)c1cccc(Nc2cc(NC(=O)C3CC3)nnc2C(=O)NC(O)(O)O)c1OC)C1(N(C(=O)COC)C(C)C)CC1. The van der Waals surface area contributed by atoms with E-state index in [1.165, 1.54) is 27.4 Å². The molecule has 1 heterocycles. The van der Waals surface area contributed by atoms with Crippen LogP contribution in [0.4, 0.5) is 17.2 Å². The molecule has 0 atom stereocenters. The number of aromatic nitrogens is 2. The lowest BCUT2D eigenvalue weighted by molar-refractivity contribution is -0.323. The molecule has 3 amide bonds. The third-order valence-electron chi connectivity index (χ3n) is 7.41. The number of amides is 3. The van der Waals surface area contributed by atoms with Gasteiger partial charge in [-0.25, -0.2) is 4.99 Å². The first kappa shape index (κ1) is 34.2. The second-order valence-corrected chi connectivity index (χ2v) is 11.2. The van der Waals surface area contributed by atoms with E-state index in [0.29, 0.717) is 29.8 Å². The number of nitrogens with one attached hydrogen (secondary N) is 3. The number of anilines is 3. The van der Waals surface area contributed by atoms with Crippen molar-refractivity contribution in [2.45, 2.75) is 57.2 Å². The van der Waals surface area contributed by atoms with Crippen molar-refractivity contribution in [3.8, 4) is 5.75 Å². The zero-order valence-corrected chi connectivity index (χ0v) is 26.3. The van der Waals surface area contributed by atoms with Crippen LogP contribution in [0, 0.1) is 5.92 Å². The molecule has 16 nitrogen and oxygen atoms in total. The summed E-state index contributed by atoms with van der Waals surface area (Å²) in [5.74, 6) is -1.39. The highest BCUT2D eigenvalue weighted by Crippen LogP contribution is 2.49. The Morgan fingerprint density at radius 1 is 1.13 bits per heavy atom. The lowest BCUT2D eigenvalue weighted by Crippen LogP contribution is -2.48. The molecule has 1 aromatic heterocycles. The monoisotopic (exact) mass is 641 g/mol. The average molecular weight is 642 g/mol. The summed E-state index contributed by atoms with van der Waals surface area (Å²) in [4.78, 5) is 44.5. The molecule has 2 aliphatic carbocycles. The Hall–Kier alpha value is -4.64. The van der Waals surface area contributed by atoms with Gasteiger partial charge < -0.3 is 45.1 Å². The summed E-state index contributed by atoms with van der Waals surface area (Å²) in [7, 11) is 4.30. The number of hydrogen-bond donors (Lipinski definition) is 6. The van der Waals surface area contributed by atoms with E-state index in [-0.39, 0.29) is 53.5 Å². The van der Waals surface area contributed by atoms with Crippen molar-refractivity contribution in [3.05, 3.63) is 47.8 Å². The number of carbonyl (C=O) groups is 3. The fourth-order valence-electron chi connectivity index (χ4n) is 5.11. The fourth-order valence-corrected chi connectivity index (χ4v) is 5.11. The summed E-state index contributed by atoms with van der Waals surface area (Å²) in [6, 6.07) is 6.15. The van der Waals surface area contributed by atoms with E-state index < -0.39 is 23.2 Å².